The zero-order chi connectivity index (χ0) is 9.40. The molecule has 0 fully saturated rings. The Morgan fingerprint density at radius 3 is 2.73 bits per heavy atom. The van der Waals surface area contributed by atoms with Crippen molar-refractivity contribution in [3.63, 3.8) is 0 Å². The van der Waals surface area contributed by atoms with Crippen LogP contribution in [0.15, 0.2) is 0 Å². The first kappa shape index (κ1) is 8.72. The number of ketones is 1. The van der Waals surface area contributed by atoms with Gasteiger partial charge >= 0.3 is 0 Å². The van der Waals surface area contributed by atoms with E-state index in [0.717, 1.165) is 25.8 Å². The molecule has 0 radical (unpaired) electrons. The Labute approximate surface area is 70.6 Å². The van der Waals surface area contributed by atoms with Crippen LogP contribution < -0.4 is 5.73 Å². The second-order valence-corrected chi connectivity index (χ2v) is 3.18. The van der Waals surface area contributed by atoms with Crippen LogP contribution in [0.1, 0.15) is 39.5 Å². The van der Waals surface area contributed by atoms with Crippen molar-refractivity contribution in [1.29, 1.82) is 0 Å². The summed E-state index contributed by atoms with van der Waals surface area (Å²) in [6.07, 6.45) is 3.72. The Hall–Kier alpha value is -0.370. The standard InChI is InChI=1S/C9H19NO/c1-8(2)9(11)6-4-3-5-7-10/h8H,3-7,10H2,1-2H3/i/hD. The molecule has 0 heterocycles. The monoisotopic (exact) mass is 158 g/mol. The van der Waals surface area contributed by atoms with Gasteiger partial charge in [0.25, 0.3) is 0 Å². The minimum Gasteiger partial charge on any atom is -0.330 e. The van der Waals surface area contributed by atoms with E-state index in [0.29, 0.717) is 12.2 Å². The van der Waals surface area contributed by atoms with Crippen LogP contribution in [-0.2, 0) is 4.79 Å². The summed E-state index contributed by atoms with van der Waals surface area (Å²) in [5.74, 6) is 0.535. The Morgan fingerprint density at radius 1 is 1.45 bits per heavy atom. The fourth-order valence-corrected chi connectivity index (χ4v) is 0.890. The first-order valence-corrected chi connectivity index (χ1v) is 4.35. The summed E-state index contributed by atoms with van der Waals surface area (Å²) < 4.78 is 6.67. The van der Waals surface area contributed by atoms with Crippen LogP contribution in [0.4, 0.5) is 0 Å². The van der Waals surface area contributed by atoms with Gasteiger partial charge in [-0.3, -0.25) is 4.79 Å². The predicted octanol–water partition coefficient (Wildman–Crippen LogP) is 1.73. The topological polar surface area (TPSA) is 43.1 Å². The molecule has 2 heteroatoms. The van der Waals surface area contributed by atoms with E-state index in [2.05, 4.69) is 5.73 Å². The molecule has 66 valence electrons. The van der Waals surface area contributed by atoms with Crippen LogP contribution in [0.2, 0.25) is 1.41 Å². The number of carbonyl (C=O) groups is 1. The number of nitrogens with two attached hydrogens (primary N) is 1. The van der Waals surface area contributed by atoms with Gasteiger partial charge in [0.2, 0.25) is 0 Å². The maximum atomic E-state index is 11.1. The van der Waals surface area contributed by atoms with Gasteiger partial charge < -0.3 is 5.73 Å². The quantitative estimate of drug-likeness (QED) is 0.573. The molecular weight excluding hydrogens is 138 g/mol. The number of hydrogen-bond acceptors (Lipinski definition) is 2. The lowest BCUT2D eigenvalue weighted by Crippen LogP contribution is -2.06. The summed E-state index contributed by atoms with van der Waals surface area (Å²) in [5, 5.41) is 0. The fraction of sp³-hybridized carbons (Fsp3) is 0.889. The molecule has 0 spiro atoms. The molecule has 0 aromatic rings. The SMILES string of the molecule is [2H]NCCCCCC(=O)C(C)C. The van der Waals surface area contributed by atoms with Crippen LogP contribution in [0.3, 0.4) is 0 Å². The molecule has 0 atom stereocenters. The van der Waals surface area contributed by atoms with Crippen LogP contribution in [-0.4, -0.2) is 12.3 Å². The van der Waals surface area contributed by atoms with E-state index >= 15 is 0 Å². The third-order valence-corrected chi connectivity index (χ3v) is 1.74. The van der Waals surface area contributed by atoms with Gasteiger partial charge in [-0.2, -0.15) is 0 Å². The van der Waals surface area contributed by atoms with Crippen molar-refractivity contribution >= 4 is 5.78 Å². The maximum Gasteiger partial charge on any atom is 0.135 e. The van der Waals surface area contributed by atoms with E-state index < -0.39 is 0 Å². The normalized spacial score (nSPS) is 11.7. The van der Waals surface area contributed by atoms with Crippen molar-refractivity contribution < 1.29 is 6.21 Å². The molecule has 0 bridgehead atoms. The highest BCUT2D eigenvalue weighted by Gasteiger charge is 2.05. The molecule has 11 heavy (non-hydrogen) atoms. The van der Waals surface area contributed by atoms with Crippen LogP contribution in [0.25, 0.3) is 0 Å². The van der Waals surface area contributed by atoms with E-state index in [-0.39, 0.29) is 5.92 Å². The summed E-state index contributed by atoms with van der Waals surface area (Å²) in [6, 6.07) is 0. The highest BCUT2D eigenvalue weighted by Crippen LogP contribution is 2.05. The molecule has 0 aromatic heterocycles. The Bertz CT molecular complexity index is 126. The van der Waals surface area contributed by atoms with Crippen molar-refractivity contribution in [3.05, 3.63) is 0 Å². The second kappa shape index (κ2) is 6.35. The summed E-state index contributed by atoms with van der Waals surface area (Å²) in [6.45, 7) is 4.61. The van der Waals surface area contributed by atoms with Crippen LogP contribution in [0, 0.1) is 5.92 Å². The van der Waals surface area contributed by atoms with E-state index in [9.17, 15) is 4.79 Å². The molecule has 0 rings (SSSR count). The Balaban J connectivity index is 3.14. The number of Topliss-reactive ketones (excluding diaryl/α,β-unsaturated/α-hetero) is 1. The van der Waals surface area contributed by atoms with Gasteiger partial charge in [0, 0.05) is 12.3 Å². The third kappa shape index (κ3) is 6.05. The van der Waals surface area contributed by atoms with Crippen LogP contribution in [0.5, 0.6) is 0 Å². The molecule has 0 aliphatic carbocycles. The molecule has 0 saturated heterocycles. The highest BCUT2D eigenvalue weighted by atomic mass is 16.1. The minimum atomic E-state index is 0.180. The summed E-state index contributed by atoms with van der Waals surface area (Å²) in [4.78, 5) is 11.1. The second-order valence-electron chi connectivity index (χ2n) is 3.18. The van der Waals surface area contributed by atoms with Gasteiger partial charge in [-0.25, -0.2) is 0 Å². The smallest absolute Gasteiger partial charge is 0.135 e. The van der Waals surface area contributed by atoms with E-state index in [1.807, 2.05) is 13.8 Å². The van der Waals surface area contributed by atoms with Gasteiger partial charge in [-0.1, -0.05) is 20.3 Å². The molecule has 0 amide bonds. The molecule has 0 aliphatic heterocycles. The Morgan fingerprint density at radius 2 is 2.18 bits per heavy atom. The van der Waals surface area contributed by atoms with Gasteiger partial charge in [0.1, 0.15) is 7.20 Å². The first-order valence-electron chi connectivity index (χ1n) is 4.85. The predicted molar refractivity (Wildman–Crippen MR) is 47.4 cm³/mol. The molecule has 0 saturated carbocycles. The number of carbonyl (C=O) groups excluding carboxylic acids is 1. The van der Waals surface area contributed by atoms with Gasteiger partial charge in [0.15, 0.2) is 0 Å². The largest absolute Gasteiger partial charge is 0.330 e. The summed E-state index contributed by atoms with van der Waals surface area (Å²) in [5.41, 5.74) is 2.34. The average molecular weight is 158 g/mol. The van der Waals surface area contributed by atoms with E-state index in [1.54, 1.807) is 0 Å². The first-order chi connectivity index (χ1) is 5.68. The van der Waals surface area contributed by atoms with Crippen LogP contribution >= 0.6 is 0 Å². The van der Waals surface area contributed by atoms with Crippen molar-refractivity contribution in [2.24, 2.45) is 11.6 Å². The van der Waals surface area contributed by atoms with Gasteiger partial charge in [0.05, 0.1) is 0 Å². The maximum absolute atomic E-state index is 11.1. The highest BCUT2D eigenvalue weighted by molar-refractivity contribution is 5.80. The van der Waals surface area contributed by atoms with Gasteiger partial charge in [-0.15, -0.1) is 0 Å². The van der Waals surface area contributed by atoms with Crippen molar-refractivity contribution in [3.8, 4) is 0 Å². The summed E-state index contributed by atoms with van der Waals surface area (Å²) >= 11 is 0. The van der Waals surface area contributed by atoms with Crippen molar-refractivity contribution in [2.75, 3.05) is 6.54 Å². The molecule has 0 aromatic carbocycles. The van der Waals surface area contributed by atoms with E-state index in [4.69, 9.17) is 1.41 Å². The number of hydrogen-bond donors (Lipinski definition) is 1. The van der Waals surface area contributed by atoms with Gasteiger partial charge in [-0.05, 0) is 19.4 Å². The fourth-order valence-electron chi connectivity index (χ4n) is 0.890. The number of rotatable bonds is 7. The molecular formula is C9H19NO. The number of unbranched alkanes of at least 4 members (excludes halogenated alkanes) is 2. The zero-order valence-electron chi connectivity index (χ0n) is 8.52. The Kier molecular flexibility index (Phi) is 5.03. The zero-order valence-corrected chi connectivity index (χ0v) is 7.52. The molecule has 2 nitrogen and oxygen atoms in total. The lowest BCUT2D eigenvalue weighted by Gasteiger charge is -2.02. The summed E-state index contributed by atoms with van der Waals surface area (Å²) in [7, 11) is 0. The van der Waals surface area contributed by atoms with E-state index in [1.165, 1.54) is 0 Å². The molecule has 2 N–H and O–H groups in total. The lowest BCUT2D eigenvalue weighted by atomic mass is 10.0. The van der Waals surface area contributed by atoms with Crippen molar-refractivity contribution in [2.45, 2.75) is 39.5 Å². The lowest BCUT2D eigenvalue weighted by molar-refractivity contribution is -0.122. The minimum absolute atomic E-state index is 0.180. The van der Waals surface area contributed by atoms with Crippen molar-refractivity contribution in [1.82, 2.24) is 0 Å². The molecule has 0 aliphatic rings. The molecule has 0 unspecified atom stereocenters. The third-order valence-electron chi connectivity index (χ3n) is 1.74. The average Bonchev–Trinajstić information content (AvgIpc) is 2.03.